The second-order valence-corrected chi connectivity index (χ2v) is 12.0. The summed E-state index contributed by atoms with van der Waals surface area (Å²) in [5.74, 6) is 0.0888. The van der Waals surface area contributed by atoms with Crippen LogP contribution in [-0.2, 0) is 16.0 Å². The molecule has 0 bridgehead atoms. The van der Waals surface area contributed by atoms with Gasteiger partial charge in [0.1, 0.15) is 11.6 Å². The molecule has 0 spiro atoms. The zero-order chi connectivity index (χ0) is 25.3. The maximum Gasteiger partial charge on any atom is 0.303 e. The highest BCUT2D eigenvalue weighted by molar-refractivity contribution is 5.81. The van der Waals surface area contributed by atoms with E-state index >= 15 is 0 Å². The molecular formula is C28H38FN3O3. The zero-order valence-corrected chi connectivity index (χ0v) is 21.4. The number of benzene rings is 1. The summed E-state index contributed by atoms with van der Waals surface area (Å²) < 4.78 is 16.2. The number of hydrogen-bond acceptors (Lipinski definition) is 4. The molecule has 0 aliphatic heterocycles. The van der Waals surface area contributed by atoms with E-state index in [4.69, 9.17) is 0 Å². The van der Waals surface area contributed by atoms with Crippen LogP contribution in [-0.4, -0.2) is 31.9 Å². The van der Waals surface area contributed by atoms with E-state index < -0.39 is 5.97 Å². The average Bonchev–Trinajstić information content (AvgIpc) is 3.47. The summed E-state index contributed by atoms with van der Waals surface area (Å²) in [5, 5.41) is 18.4. The summed E-state index contributed by atoms with van der Waals surface area (Å²) in [6, 6.07) is 4.51. The number of aliphatic carboxylic acids is 1. The van der Waals surface area contributed by atoms with Crippen molar-refractivity contribution in [3.63, 3.8) is 0 Å². The highest BCUT2D eigenvalue weighted by Crippen LogP contribution is 2.51. The van der Waals surface area contributed by atoms with Crippen molar-refractivity contribution < 1.29 is 19.1 Å². The molecule has 35 heavy (non-hydrogen) atoms. The second-order valence-electron chi connectivity index (χ2n) is 12.0. The van der Waals surface area contributed by atoms with Gasteiger partial charge >= 0.3 is 5.97 Å². The number of aryl methyl sites for hydroxylation is 1. The number of ketones is 1. The molecule has 2 aliphatic carbocycles. The minimum Gasteiger partial charge on any atom is -0.481 e. The van der Waals surface area contributed by atoms with Crippen LogP contribution >= 0.6 is 0 Å². The van der Waals surface area contributed by atoms with Crippen molar-refractivity contribution in [3.05, 3.63) is 46.5 Å². The molecule has 7 heteroatoms. The summed E-state index contributed by atoms with van der Waals surface area (Å²) >= 11 is 0. The van der Waals surface area contributed by atoms with Gasteiger partial charge in [0.2, 0.25) is 0 Å². The van der Waals surface area contributed by atoms with Gasteiger partial charge in [0.25, 0.3) is 0 Å². The van der Waals surface area contributed by atoms with Gasteiger partial charge in [-0.1, -0.05) is 38.1 Å². The highest BCUT2D eigenvalue weighted by atomic mass is 19.1. The van der Waals surface area contributed by atoms with E-state index in [9.17, 15) is 19.1 Å². The first-order valence-electron chi connectivity index (χ1n) is 12.9. The largest absolute Gasteiger partial charge is 0.481 e. The van der Waals surface area contributed by atoms with Crippen LogP contribution in [0, 0.1) is 24.1 Å². The number of hydrogen-bond donors (Lipinski definition) is 1. The molecule has 2 fully saturated rings. The molecule has 0 unspecified atom stereocenters. The van der Waals surface area contributed by atoms with Crippen molar-refractivity contribution in [1.29, 1.82) is 0 Å². The number of Topliss-reactive ketones (excluding diaryl/α,β-unsaturated/α-hetero) is 1. The van der Waals surface area contributed by atoms with Gasteiger partial charge in [-0.3, -0.25) is 9.59 Å². The average molecular weight is 484 g/mol. The number of rotatable bonds is 11. The Hall–Kier alpha value is -2.57. The number of aromatic nitrogens is 3. The Morgan fingerprint density at radius 1 is 1.20 bits per heavy atom. The van der Waals surface area contributed by atoms with Crippen LogP contribution in [0.4, 0.5) is 4.39 Å². The third kappa shape index (κ3) is 6.56. The lowest BCUT2D eigenvalue weighted by Crippen LogP contribution is -2.27. The maximum atomic E-state index is 14.3. The number of carboxylic acids is 1. The number of carbonyl (C=O) groups excluding carboxylic acids is 1. The minimum atomic E-state index is -0.899. The SMILES string of the molecule is Cc1ccc(CC(=O)C[C@H](CCC(=O)O)n2nnc(C3CC(CC(C)(C)C)C3)c2C2CC2)c(F)c1. The van der Waals surface area contributed by atoms with Crippen LogP contribution in [0.2, 0.25) is 0 Å². The normalized spacial score (nSPS) is 20.9. The summed E-state index contributed by atoms with van der Waals surface area (Å²) in [5.41, 5.74) is 3.65. The van der Waals surface area contributed by atoms with Crippen molar-refractivity contribution in [1.82, 2.24) is 15.0 Å². The smallest absolute Gasteiger partial charge is 0.303 e. The third-order valence-corrected chi connectivity index (χ3v) is 7.34. The molecular weight excluding hydrogens is 445 g/mol. The molecule has 1 aromatic heterocycles. The molecule has 1 atom stereocenters. The lowest BCUT2D eigenvalue weighted by Gasteiger charge is -2.38. The van der Waals surface area contributed by atoms with Gasteiger partial charge in [0.15, 0.2) is 0 Å². The first kappa shape index (κ1) is 25.5. The molecule has 2 aromatic rings. The van der Waals surface area contributed by atoms with Crippen LogP contribution in [0.1, 0.15) is 113 Å². The topological polar surface area (TPSA) is 85.1 Å². The van der Waals surface area contributed by atoms with Gasteiger partial charge in [-0.2, -0.15) is 0 Å². The van der Waals surface area contributed by atoms with Gasteiger partial charge in [-0.15, -0.1) is 5.10 Å². The van der Waals surface area contributed by atoms with E-state index in [0.717, 1.165) is 42.6 Å². The molecule has 1 heterocycles. The highest BCUT2D eigenvalue weighted by Gasteiger charge is 2.41. The molecule has 4 rings (SSSR count). The molecule has 1 N–H and O–H groups in total. The second kappa shape index (κ2) is 10.2. The van der Waals surface area contributed by atoms with Gasteiger partial charge < -0.3 is 5.11 Å². The monoisotopic (exact) mass is 483 g/mol. The number of halogens is 1. The fourth-order valence-corrected chi connectivity index (χ4v) is 5.56. The van der Waals surface area contributed by atoms with Crippen LogP contribution in [0.5, 0.6) is 0 Å². The molecule has 1 aromatic carbocycles. The van der Waals surface area contributed by atoms with E-state index in [1.165, 1.54) is 12.5 Å². The Balaban J connectivity index is 1.51. The first-order valence-corrected chi connectivity index (χ1v) is 12.9. The number of nitrogens with zero attached hydrogens (tertiary/aromatic N) is 3. The lowest BCUT2D eigenvalue weighted by molar-refractivity contribution is -0.137. The van der Waals surface area contributed by atoms with Gasteiger partial charge in [-0.25, -0.2) is 9.07 Å². The number of carbonyl (C=O) groups is 2. The van der Waals surface area contributed by atoms with Crippen molar-refractivity contribution in [2.24, 2.45) is 11.3 Å². The molecule has 190 valence electrons. The fraction of sp³-hybridized carbons (Fsp3) is 0.643. The Morgan fingerprint density at radius 2 is 1.91 bits per heavy atom. The minimum absolute atomic E-state index is 0.00684. The Bertz CT molecular complexity index is 1080. The summed E-state index contributed by atoms with van der Waals surface area (Å²) in [6.45, 7) is 8.64. The summed E-state index contributed by atoms with van der Waals surface area (Å²) in [4.78, 5) is 24.3. The standard InChI is InChI=1S/C28H38FN3O3/c1-17-5-6-20(24(29)11-17)14-23(33)15-22(9-10-25(34)35)32-27(19-7-8-19)26(30-31-32)21-12-18(13-21)16-28(2,3)4/h5-6,11,18-19,21-22H,7-10,12-16H2,1-4H3,(H,34,35)/t18?,21?,22-/m0/s1. The maximum absolute atomic E-state index is 14.3. The molecule has 2 saturated carbocycles. The molecule has 2 aliphatic rings. The number of carboxylic acid groups (broad SMARTS) is 1. The molecule has 0 amide bonds. The van der Waals surface area contributed by atoms with E-state index in [0.29, 0.717) is 35.2 Å². The quantitative estimate of drug-likeness (QED) is 0.415. The van der Waals surface area contributed by atoms with Crippen molar-refractivity contribution in [2.45, 2.75) is 103 Å². The van der Waals surface area contributed by atoms with Crippen molar-refractivity contribution >= 4 is 11.8 Å². The fourth-order valence-electron chi connectivity index (χ4n) is 5.56. The van der Waals surface area contributed by atoms with Crippen LogP contribution in [0.15, 0.2) is 18.2 Å². The van der Waals surface area contributed by atoms with E-state index in [1.54, 1.807) is 12.1 Å². The molecule has 0 radical (unpaired) electrons. The zero-order valence-electron chi connectivity index (χ0n) is 21.4. The van der Waals surface area contributed by atoms with E-state index in [1.807, 2.05) is 11.6 Å². The van der Waals surface area contributed by atoms with E-state index in [-0.39, 0.29) is 36.9 Å². The lowest BCUT2D eigenvalue weighted by atomic mass is 9.67. The van der Waals surface area contributed by atoms with Gasteiger partial charge in [-0.05, 0) is 74.0 Å². The van der Waals surface area contributed by atoms with Crippen molar-refractivity contribution in [3.8, 4) is 0 Å². The molecule has 0 saturated heterocycles. The van der Waals surface area contributed by atoms with Gasteiger partial charge in [0.05, 0.1) is 17.4 Å². The Morgan fingerprint density at radius 3 is 2.51 bits per heavy atom. The summed E-state index contributed by atoms with van der Waals surface area (Å²) in [7, 11) is 0. The van der Waals surface area contributed by atoms with Crippen LogP contribution < -0.4 is 0 Å². The Kier molecular flexibility index (Phi) is 7.43. The van der Waals surface area contributed by atoms with Crippen LogP contribution in [0.25, 0.3) is 0 Å². The van der Waals surface area contributed by atoms with E-state index in [2.05, 4.69) is 31.1 Å². The Labute approximate surface area is 207 Å². The summed E-state index contributed by atoms with van der Waals surface area (Å²) in [6.07, 6.45) is 5.95. The predicted octanol–water partition coefficient (Wildman–Crippen LogP) is 6.14. The van der Waals surface area contributed by atoms with Crippen molar-refractivity contribution in [2.75, 3.05) is 0 Å². The predicted molar refractivity (Wildman–Crippen MR) is 132 cm³/mol. The van der Waals surface area contributed by atoms with Gasteiger partial charge in [0, 0.05) is 31.1 Å². The third-order valence-electron chi connectivity index (χ3n) is 7.34. The van der Waals surface area contributed by atoms with Crippen LogP contribution in [0.3, 0.4) is 0 Å². The molecule has 6 nitrogen and oxygen atoms in total. The first-order chi connectivity index (χ1) is 16.5.